The maximum absolute atomic E-state index is 12.9. The third-order valence-corrected chi connectivity index (χ3v) is 18.5. The number of phosphoric acid groups is 2. The minimum absolute atomic E-state index is 0.0854. The first-order valence-electron chi connectivity index (χ1n) is 39.8. The van der Waals surface area contributed by atoms with Crippen LogP contribution >= 0.6 is 15.6 Å². The highest BCUT2D eigenvalue weighted by molar-refractivity contribution is 7.47. The fraction of sp³-hybridized carbons (Fsp3) is 0.723. The average Bonchev–Trinajstić information content (AvgIpc) is 0.940. The minimum Gasteiger partial charge on any atom is -0.463 e. The van der Waals surface area contributed by atoms with Crippen molar-refractivity contribution in [3.63, 3.8) is 0 Å². The van der Waals surface area contributed by atoms with E-state index < -0.39 is 91.5 Å². The Morgan fingerprint density at radius 3 is 0.832 bits per heavy atom. The maximum atomic E-state index is 12.9. The molecule has 0 aromatic heterocycles. The molecule has 5 unspecified atom stereocenters. The monoisotopic (exact) mass is 1460 g/mol. The summed E-state index contributed by atoms with van der Waals surface area (Å²) in [7, 11) is -9.79. The highest BCUT2D eigenvalue weighted by Crippen LogP contribution is 2.45. The van der Waals surface area contributed by atoms with Crippen LogP contribution in [0.2, 0.25) is 0 Å². The van der Waals surface area contributed by atoms with E-state index in [-0.39, 0.29) is 19.3 Å². The van der Waals surface area contributed by atoms with Crippen molar-refractivity contribution in [2.75, 3.05) is 39.6 Å². The smallest absolute Gasteiger partial charge is 0.463 e. The third-order valence-electron chi connectivity index (χ3n) is 16.6. The van der Waals surface area contributed by atoms with Crippen LogP contribution in [0.3, 0.4) is 0 Å². The molecular formula is C83H144O16P2. The second-order valence-electron chi connectivity index (χ2n) is 26.5. The van der Waals surface area contributed by atoms with Gasteiger partial charge < -0.3 is 34.2 Å². The van der Waals surface area contributed by atoms with Crippen molar-refractivity contribution in [1.29, 1.82) is 0 Å². The number of phosphoric ester groups is 2. The Hall–Kier alpha value is -4.05. The van der Waals surface area contributed by atoms with Gasteiger partial charge in [0.05, 0.1) is 26.4 Å². The molecule has 4 N–H and O–H groups in total. The zero-order chi connectivity index (χ0) is 73.7. The van der Waals surface area contributed by atoms with Crippen LogP contribution in [-0.4, -0.2) is 95.9 Å². The molecule has 0 aliphatic rings. The predicted octanol–water partition coefficient (Wildman–Crippen LogP) is 23.3. The lowest BCUT2D eigenvalue weighted by molar-refractivity contribution is -0.161. The van der Waals surface area contributed by atoms with Crippen molar-refractivity contribution in [2.45, 2.75) is 347 Å². The van der Waals surface area contributed by atoms with Crippen molar-refractivity contribution in [3.05, 3.63) is 122 Å². The lowest BCUT2D eigenvalue weighted by atomic mass is 10.0. The molecule has 0 heterocycles. The number of carbonyl (C=O) groups is 3. The summed E-state index contributed by atoms with van der Waals surface area (Å²) in [4.78, 5) is 58.5. The average molecular weight is 1460 g/mol. The summed E-state index contributed by atoms with van der Waals surface area (Å²) in [5, 5.41) is 20.6. The molecule has 0 amide bonds. The van der Waals surface area contributed by atoms with E-state index in [1.165, 1.54) is 103 Å². The topological polar surface area (TPSA) is 231 Å². The SMILES string of the molecule is CC/C=C\C/C=C\C/C=C\C/C=C\C/C=C\CCCCCCCCCCCCCCCCCCCCCC(=O)OCC(O)COP(=O)(O)OCC(O)COP(=O)(O)OCC(COC(=O)CCCCCCCCC/C=C\C/C=C\C/C=C\CC)OC(=O)CCCCCCC/C=C\C/C=C\CCC. The van der Waals surface area contributed by atoms with Gasteiger partial charge in [-0.15, -0.1) is 0 Å². The van der Waals surface area contributed by atoms with E-state index in [0.29, 0.717) is 19.3 Å². The van der Waals surface area contributed by atoms with Gasteiger partial charge in [0.2, 0.25) is 0 Å². The summed E-state index contributed by atoms with van der Waals surface area (Å²) >= 11 is 0. The number of esters is 3. The molecule has 0 aliphatic heterocycles. The van der Waals surface area contributed by atoms with E-state index >= 15 is 0 Å². The Bertz CT molecular complexity index is 2320. The molecule has 0 bridgehead atoms. The molecule has 5 atom stereocenters. The van der Waals surface area contributed by atoms with Crippen molar-refractivity contribution in [2.24, 2.45) is 0 Å². The normalized spacial score (nSPS) is 14.6. The van der Waals surface area contributed by atoms with Gasteiger partial charge in [-0.05, 0) is 122 Å². The number of allylic oxidation sites excluding steroid dienone is 20. The molecule has 0 spiro atoms. The van der Waals surface area contributed by atoms with E-state index in [1.54, 1.807) is 0 Å². The van der Waals surface area contributed by atoms with Crippen molar-refractivity contribution < 1.29 is 75.8 Å². The summed E-state index contributed by atoms with van der Waals surface area (Å²) in [5.41, 5.74) is 0. The minimum atomic E-state index is -4.93. The third kappa shape index (κ3) is 76.9. The van der Waals surface area contributed by atoms with Crippen LogP contribution in [0.25, 0.3) is 0 Å². The number of aliphatic hydroxyl groups is 2. The van der Waals surface area contributed by atoms with Gasteiger partial charge in [0.1, 0.15) is 25.4 Å². The van der Waals surface area contributed by atoms with Crippen LogP contribution in [0.1, 0.15) is 329 Å². The quantitative estimate of drug-likeness (QED) is 0.0146. The first-order valence-corrected chi connectivity index (χ1v) is 42.8. The van der Waals surface area contributed by atoms with Crippen molar-refractivity contribution in [1.82, 2.24) is 0 Å². The fourth-order valence-corrected chi connectivity index (χ4v) is 12.2. The van der Waals surface area contributed by atoms with Crippen LogP contribution in [0.5, 0.6) is 0 Å². The second kappa shape index (κ2) is 75.6. The number of unbranched alkanes of at least 4 members (excludes halogenated alkanes) is 32. The lowest BCUT2D eigenvalue weighted by Gasteiger charge is -2.21. The highest BCUT2D eigenvalue weighted by atomic mass is 31.2. The number of aliphatic hydroxyl groups excluding tert-OH is 2. The summed E-state index contributed by atoms with van der Waals surface area (Å²) in [6.07, 6.45) is 89.9. The maximum Gasteiger partial charge on any atom is 0.472 e. The van der Waals surface area contributed by atoms with Gasteiger partial charge in [0, 0.05) is 19.3 Å². The van der Waals surface area contributed by atoms with Crippen molar-refractivity contribution in [3.8, 4) is 0 Å². The van der Waals surface area contributed by atoms with Gasteiger partial charge in [-0.3, -0.25) is 32.5 Å². The number of rotatable bonds is 75. The summed E-state index contributed by atoms with van der Waals surface area (Å²) in [6, 6.07) is 0. The molecule has 582 valence electrons. The first-order chi connectivity index (χ1) is 49.2. The molecule has 0 aromatic rings. The molecule has 101 heavy (non-hydrogen) atoms. The van der Waals surface area contributed by atoms with Gasteiger partial charge >= 0.3 is 33.6 Å². The number of ether oxygens (including phenoxy) is 3. The zero-order valence-corrected chi connectivity index (χ0v) is 65.3. The molecule has 0 aliphatic carbocycles. The summed E-state index contributed by atoms with van der Waals surface area (Å²) < 4.78 is 61.0. The fourth-order valence-electron chi connectivity index (χ4n) is 10.7. The van der Waals surface area contributed by atoms with Crippen LogP contribution in [0, 0.1) is 0 Å². The Balaban J connectivity index is 4.34. The van der Waals surface area contributed by atoms with E-state index in [4.69, 9.17) is 32.3 Å². The number of carbonyl (C=O) groups excluding carboxylic acids is 3. The van der Waals surface area contributed by atoms with Gasteiger partial charge in [-0.25, -0.2) is 9.13 Å². The van der Waals surface area contributed by atoms with E-state index in [1.807, 2.05) is 0 Å². The zero-order valence-electron chi connectivity index (χ0n) is 63.5. The Kier molecular flexibility index (Phi) is 72.6. The van der Waals surface area contributed by atoms with Gasteiger partial charge in [0.15, 0.2) is 6.10 Å². The molecule has 0 saturated carbocycles. The predicted molar refractivity (Wildman–Crippen MR) is 417 cm³/mol. The largest absolute Gasteiger partial charge is 0.472 e. The Morgan fingerprint density at radius 2 is 0.525 bits per heavy atom. The molecule has 0 rings (SSSR count). The summed E-state index contributed by atoms with van der Waals surface area (Å²) in [6.45, 7) is 2.38. The Morgan fingerprint density at radius 1 is 0.287 bits per heavy atom. The molecule has 18 heteroatoms. The van der Waals surface area contributed by atoms with Gasteiger partial charge in [-0.2, -0.15) is 0 Å². The number of hydrogen-bond acceptors (Lipinski definition) is 14. The Labute approximate surface area is 614 Å². The molecule has 0 saturated heterocycles. The standard InChI is InChI=1S/C83H144O16P2/c1-4-7-10-13-16-19-22-25-27-29-30-31-32-33-34-35-36-37-38-39-40-41-42-43-44-45-46-48-50-52-54-57-60-63-66-69-81(86)93-72-78(84)73-95-100(89,90)96-74-79(85)75-97-101(91,92)98-77-80(99-83(88)71-68-65-62-59-56-51-24-21-18-15-12-9-6-3)76-94-82(87)70-67-64-61-58-55-53-49-47-28-26-23-20-17-14-11-8-5-2/h7-8,10-12,15-17,19-21,24-28,30-31,33-34,78-80,84-85H,4-6,9,13-14,18,22-23,29,32,35-77H2,1-3H3,(H,89,90)(H,91,92)/b10-7-,11-8-,15-12-,19-16-,20-17-,24-21-,27-25-,28-26-,31-30-,34-33-. The van der Waals surface area contributed by atoms with E-state index in [2.05, 4.69) is 142 Å². The van der Waals surface area contributed by atoms with E-state index in [9.17, 15) is 43.5 Å². The number of hydrogen-bond donors (Lipinski definition) is 4. The second-order valence-corrected chi connectivity index (χ2v) is 29.4. The van der Waals surface area contributed by atoms with Gasteiger partial charge in [-0.1, -0.05) is 309 Å². The lowest BCUT2D eigenvalue weighted by Crippen LogP contribution is -2.30. The van der Waals surface area contributed by atoms with Crippen molar-refractivity contribution >= 4 is 33.6 Å². The first kappa shape index (κ1) is 97.0. The summed E-state index contributed by atoms with van der Waals surface area (Å²) in [5.74, 6) is -1.60. The van der Waals surface area contributed by atoms with Crippen LogP contribution in [0.4, 0.5) is 0 Å². The van der Waals surface area contributed by atoms with Crippen LogP contribution < -0.4 is 0 Å². The van der Waals surface area contributed by atoms with E-state index in [0.717, 1.165) is 167 Å². The molecule has 0 fully saturated rings. The van der Waals surface area contributed by atoms with Gasteiger partial charge in [0.25, 0.3) is 0 Å². The molecular weight excluding hydrogens is 1310 g/mol. The van der Waals surface area contributed by atoms with Crippen LogP contribution in [-0.2, 0) is 55.8 Å². The molecule has 0 aromatic carbocycles. The highest BCUT2D eigenvalue weighted by Gasteiger charge is 2.29. The molecule has 0 radical (unpaired) electrons. The van der Waals surface area contributed by atoms with Crippen LogP contribution in [0.15, 0.2) is 122 Å². The molecule has 16 nitrogen and oxygen atoms in total.